The van der Waals surface area contributed by atoms with E-state index in [4.69, 9.17) is 0 Å². The van der Waals surface area contributed by atoms with Gasteiger partial charge >= 0.3 is 5.97 Å². The SMILES string of the molecule is COC(=O)c1ccccc1NS(=O)(=O)c1ccc(I)cc1. The number of methoxy groups -OCH3 is 1. The van der Waals surface area contributed by atoms with Crippen LogP contribution in [0.3, 0.4) is 0 Å². The summed E-state index contributed by atoms with van der Waals surface area (Å²) in [4.78, 5) is 11.8. The van der Waals surface area contributed by atoms with Gasteiger partial charge in [0, 0.05) is 3.57 Å². The molecule has 110 valence electrons. The Morgan fingerprint density at radius 1 is 1.10 bits per heavy atom. The summed E-state index contributed by atoms with van der Waals surface area (Å²) in [5, 5.41) is 0. The molecule has 7 heteroatoms. The third-order valence-corrected chi connectivity index (χ3v) is 4.80. The minimum absolute atomic E-state index is 0.127. The maximum atomic E-state index is 12.3. The van der Waals surface area contributed by atoms with E-state index >= 15 is 0 Å². The number of carbonyl (C=O) groups is 1. The number of rotatable bonds is 4. The van der Waals surface area contributed by atoms with Crippen LogP contribution in [-0.4, -0.2) is 21.5 Å². The van der Waals surface area contributed by atoms with Crippen molar-refractivity contribution < 1.29 is 17.9 Å². The summed E-state index contributed by atoms with van der Waals surface area (Å²) >= 11 is 2.09. The van der Waals surface area contributed by atoms with Crippen molar-refractivity contribution in [2.24, 2.45) is 0 Å². The van der Waals surface area contributed by atoms with E-state index in [-0.39, 0.29) is 16.1 Å². The topological polar surface area (TPSA) is 72.5 Å². The Balaban J connectivity index is 2.37. The molecule has 0 saturated heterocycles. The molecule has 0 aliphatic rings. The fourth-order valence-corrected chi connectivity index (χ4v) is 3.12. The Kier molecular flexibility index (Phi) is 4.84. The van der Waals surface area contributed by atoms with Crippen molar-refractivity contribution in [3.05, 3.63) is 57.7 Å². The van der Waals surface area contributed by atoms with E-state index in [0.717, 1.165) is 3.57 Å². The molecule has 1 N–H and O–H groups in total. The molecule has 0 spiro atoms. The van der Waals surface area contributed by atoms with Gasteiger partial charge in [-0.15, -0.1) is 0 Å². The maximum Gasteiger partial charge on any atom is 0.339 e. The number of hydrogen-bond donors (Lipinski definition) is 1. The van der Waals surface area contributed by atoms with Crippen molar-refractivity contribution in [1.82, 2.24) is 0 Å². The van der Waals surface area contributed by atoms with Crippen molar-refractivity contribution in [2.45, 2.75) is 4.90 Å². The first-order chi connectivity index (χ1) is 9.94. The number of para-hydroxylation sites is 1. The van der Waals surface area contributed by atoms with Crippen LogP contribution >= 0.6 is 22.6 Å². The number of anilines is 1. The van der Waals surface area contributed by atoms with Crippen LogP contribution in [0.5, 0.6) is 0 Å². The van der Waals surface area contributed by atoms with Crippen LogP contribution in [0.25, 0.3) is 0 Å². The monoisotopic (exact) mass is 417 g/mol. The summed E-state index contributed by atoms with van der Waals surface area (Å²) in [6.07, 6.45) is 0. The molecule has 0 bridgehead atoms. The van der Waals surface area contributed by atoms with E-state index in [9.17, 15) is 13.2 Å². The van der Waals surface area contributed by atoms with E-state index in [1.54, 1.807) is 24.3 Å². The molecule has 0 aliphatic carbocycles. The largest absolute Gasteiger partial charge is 0.465 e. The Morgan fingerprint density at radius 3 is 2.33 bits per heavy atom. The maximum absolute atomic E-state index is 12.3. The summed E-state index contributed by atoms with van der Waals surface area (Å²) in [5.74, 6) is -0.601. The van der Waals surface area contributed by atoms with E-state index in [1.165, 1.54) is 31.4 Å². The van der Waals surface area contributed by atoms with Gasteiger partial charge < -0.3 is 4.74 Å². The normalized spacial score (nSPS) is 11.0. The molecular formula is C14H12INO4S. The van der Waals surface area contributed by atoms with E-state index in [0.29, 0.717) is 0 Å². The molecule has 0 aromatic heterocycles. The lowest BCUT2D eigenvalue weighted by Crippen LogP contribution is -2.16. The molecule has 21 heavy (non-hydrogen) atoms. The highest BCUT2D eigenvalue weighted by Gasteiger charge is 2.18. The average molecular weight is 417 g/mol. The first kappa shape index (κ1) is 15.8. The molecule has 5 nitrogen and oxygen atoms in total. The molecule has 0 atom stereocenters. The Morgan fingerprint density at radius 2 is 1.71 bits per heavy atom. The smallest absolute Gasteiger partial charge is 0.339 e. The highest BCUT2D eigenvalue weighted by atomic mass is 127. The molecular weight excluding hydrogens is 405 g/mol. The molecule has 2 aromatic carbocycles. The molecule has 2 rings (SSSR count). The van der Waals surface area contributed by atoms with Crippen LogP contribution in [0.15, 0.2) is 53.4 Å². The van der Waals surface area contributed by atoms with Crippen LogP contribution < -0.4 is 4.72 Å². The van der Waals surface area contributed by atoms with Gasteiger partial charge in [0.25, 0.3) is 10.0 Å². The number of nitrogens with one attached hydrogen (secondary N) is 1. The van der Waals surface area contributed by atoms with Crippen LogP contribution in [0, 0.1) is 3.57 Å². The van der Waals surface area contributed by atoms with Crippen LogP contribution in [0.1, 0.15) is 10.4 Å². The fourth-order valence-electron chi connectivity index (χ4n) is 1.68. The number of hydrogen-bond acceptors (Lipinski definition) is 4. The number of ether oxygens (including phenoxy) is 1. The molecule has 0 amide bonds. The van der Waals surface area contributed by atoms with E-state index < -0.39 is 16.0 Å². The van der Waals surface area contributed by atoms with Gasteiger partial charge in [0.05, 0.1) is 23.3 Å². The molecule has 0 fully saturated rings. The van der Waals surface area contributed by atoms with Gasteiger partial charge in [-0.2, -0.15) is 0 Å². The number of carbonyl (C=O) groups excluding carboxylic acids is 1. The Labute approximate surface area is 136 Å². The third kappa shape index (κ3) is 3.73. The van der Waals surface area contributed by atoms with Crippen LogP contribution in [0.4, 0.5) is 5.69 Å². The molecule has 2 aromatic rings. The van der Waals surface area contributed by atoms with Crippen LogP contribution in [0.2, 0.25) is 0 Å². The number of halogens is 1. The first-order valence-electron chi connectivity index (χ1n) is 5.90. The Bertz CT molecular complexity index is 757. The van der Waals surface area contributed by atoms with Gasteiger partial charge in [0.1, 0.15) is 0 Å². The average Bonchev–Trinajstić information content (AvgIpc) is 2.47. The van der Waals surface area contributed by atoms with E-state index in [2.05, 4.69) is 32.0 Å². The first-order valence-corrected chi connectivity index (χ1v) is 8.46. The van der Waals surface area contributed by atoms with Crippen molar-refractivity contribution in [2.75, 3.05) is 11.8 Å². The molecule has 0 heterocycles. The van der Waals surface area contributed by atoms with Crippen molar-refractivity contribution >= 4 is 44.3 Å². The summed E-state index contributed by atoms with van der Waals surface area (Å²) in [5.41, 5.74) is 0.344. The summed E-state index contributed by atoms with van der Waals surface area (Å²) in [7, 11) is -2.51. The zero-order valence-corrected chi connectivity index (χ0v) is 14.0. The molecule has 0 unspecified atom stereocenters. The second-order valence-electron chi connectivity index (χ2n) is 4.10. The molecule has 0 radical (unpaired) electrons. The van der Waals surface area contributed by atoms with Gasteiger partial charge in [-0.05, 0) is 59.0 Å². The van der Waals surface area contributed by atoms with Gasteiger partial charge in [-0.1, -0.05) is 12.1 Å². The Hall–Kier alpha value is -1.61. The van der Waals surface area contributed by atoms with Crippen LogP contribution in [-0.2, 0) is 14.8 Å². The number of sulfonamides is 1. The fraction of sp³-hybridized carbons (Fsp3) is 0.0714. The lowest BCUT2D eigenvalue weighted by molar-refractivity contribution is 0.0602. The van der Waals surface area contributed by atoms with Gasteiger partial charge in [-0.25, -0.2) is 13.2 Å². The second kappa shape index (κ2) is 6.44. The highest BCUT2D eigenvalue weighted by Crippen LogP contribution is 2.21. The minimum Gasteiger partial charge on any atom is -0.465 e. The zero-order chi connectivity index (χ0) is 15.5. The highest BCUT2D eigenvalue weighted by molar-refractivity contribution is 14.1. The standard InChI is InChI=1S/C14H12INO4S/c1-20-14(17)12-4-2-3-5-13(12)16-21(18,19)11-8-6-10(15)7-9-11/h2-9,16H,1H3. The third-order valence-electron chi connectivity index (χ3n) is 2.70. The predicted molar refractivity (Wildman–Crippen MR) is 87.7 cm³/mol. The van der Waals surface area contributed by atoms with Gasteiger partial charge in [-0.3, -0.25) is 4.72 Å². The van der Waals surface area contributed by atoms with Gasteiger partial charge in [0.2, 0.25) is 0 Å². The lowest BCUT2D eigenvalue weighted by Gasteiger charge is -2.11. The number of esters is 1. The lowest BCUT2D eigenvalue weighted by atomic mass is 10.2. The van der Waals surface area contributed by atoms with Gasteiger partial charge in [0.15, 0.2) is 0 Å². The van der Waals surface area contributed by atoms with Crippen molar-refractivity contribution in [3.63, 3.8) is 0 Å². The predicted octanol–water partition coefficient (Wildman–Crippen LogP) is 2.88. The zero-order valence-electron chi connectivity index (χ0n) is 11.0. The minimum atomic E-state index is -3.76. The summed E-state index contributed by atoms with van der Waals surface area (Å²) < 4.78 is 32.6. The summed E-state index contributed by atoms with van der Waals surface area (Å²) in [6.45, 7) is 0. The molecule has 0 saturated carbocycles. The molecule has 0 aliphatic heterocycles. The summed E-state index contributed by atoms with van der Waals surface area (Å²) in [6, 6.07) is 12.7. The number of benzene rings is 2. The van der Waals surface area contributed by atoms with E-state index in [1.807, 2.05) is 0 Å². The van der Waals surface area contributed by atoms with Crippen molar-refractivity contribution in [1.29, 1.82) is 0 Å². The second-order valence-corrected chi connectivity index (χ2v) is 7.02. The quantitative estimate of drug-likeness (QED) is 0.614. The van der Waals surface area contributed by atoms with Crippen molar-refractivity contribution in [3.8, 4) is 0 Å².